The molecule has 249 valence electrons. The topological polar surface area (TPSA) is 63.3 Å². The number of aliphatic hydroxyl groups is 1. The Balaban J connectivity index is 0.000000269. The average Bonchev–Trinajstić information content (AvgIpc) is 3.45. The summed E-state index contributed by atoms with van der Waals surface area (Å²) >= 11 is 0. The predicted molar refractivity (Wildman–Crippen MR) is 191 cm³/mol. The van der Waals surface area contributed by atoms with Crippen molar-refractivity contribution in [1.29, 1.82) is 0 Å². The monoisotopic (exact) mass is 807 g/mol. The van der Waals surface area contributed by atoms with Crippen molar-refractivity contribution in [3.63, 3.8) is 0 Å². The van der Waals surface area contributed by atoms with Crippen LogP contribution in [0.1, 0.15) is 91.0 Å². The van der Waals surface area contributed by atoms with E-state index in [4.69, 9.17) is 9.40 Å². The Morgan fingerprint density at radius 3 is 2.26 bits per heavy atom. The van der Waals surface area contributed by atoms with E-state index in [0.29, 0.717) is 0 Å². The number of aromatic nitrogens is 1. The van der Waals surface area contributed by atoms with E-state index in [2.05, 4.69) is 87.5 Å². The molecule has 0 saturated heterocycles. The number of furan rings is 1. The van der Waals surface area contributed by atoms with Crippen molar-refractivity contribution in [2.24, 2.45) is 11.8 Å². The molecule has 0 spiro atoms. The first kappa shape index (κ1) is 36.3. The summed E-state index contributed by atoms with van der Waals surface area (Å²) in [5.74, 6) is 1.62. The van der Waals surface area contributed by atoms with Crippen molar-refractivity contribution >= 4 is 27.5 Å². The molecule has 1 aliphatic rings. The van der Waals surface area contributed by atoms with Crippen molar-refractivity contribution < 1.29 is 34.4 Å². The van der Waals surface area contributed by atoms with Gasteiger partial charge < -0.3 is 9.52 Å². The minimum atomic E-state index is 0. The first-order valence-electron chi connectivity index (χ1n) is 17.0. The normalized spacial score (nSPS) is 12.8. The van der Waals surface area contributed by atoms with Crippen LogP contribution in [0.2, 0.25) is 0 Å². The molecule has 3 aromatic carbocycles. The Hall–Kier alpha value is -3.53. The van der Waals surface area contributed by atoms with Crippen LogP contribution >= 0.6 is 0 Å². The van der Waals surface area contributed by atoms with Crippen LogP contribution in [0.3, 0.4) is 0 Å². The molecule has 0 atom stereocenters. The Morgan fingerprint density at radius 1 is 0.915 bits per heavy atom. The molecule has 0 fully saturated rings. The zero-order valence-corrected chi connectivity index (χ0v) is 31.3. The van der Waals surface area contributed by atoms with Gasteiger partial charge in [-0.15, -0.1) is 29.1 Å². The van der Waals surface area contributed by atoms with Crippen LogP contribution in [0.15, 0.2) is 83.1 Å². The molecule has 0 bridgehead atoms. The van der Waals surface area contributed by atoms with Gasteiger partial charge >= 0.3 is 0 Å². The van der Waals surface area contributed by atoms with Gasteiger partial charge in [0.1, 0.15) is 11.3 Å². The molecule has 1 radical (unpaired) electrons. The maximum Gasteiger partial charge on any atom is 0.162 e. The van der Waals surface area contributed by atoms with Gasteiger partial charge in [0.25, 0.3) is 0 Å². The van der Waals surface area contributed by atoms with Gasteiger partial charge in [0.15, 0.2) is 5.78 Å². The second-order valence-corrected chi connectivity index (χ2v) is 13.5. The smallest absolute Gasteiger partial charge is 0.162 e. The largest absolute Gasteiger partial charge is 0.512 e. The van der Waals surface area contributed by atoms with Crippen LogP contribution in [0.5, 0.6) is 0 Å². The van der Waals surface area contributed by atoms with Gasteiger partial charge in [-0.1, -0.05) is 102 Å². The third-order valence-electron chi connectivity index (χ3n) is 9.51. The number of carbonyl (C=O) groups is 1. The molecule has 6 rings (SSSR count). The van der Waals surface area contributed by atoms with Gasteiger partial charge in [0.05, 0.1) is 5.76 Å². The van der Waals surface area contributed by atoms with E-state index in [0.717, 1.165) is 71.9 Å². The van der Waals surface area contributed by atoms with Crippen LogP contribution in [0, 0.1) is 17.9 Å². The zero-order valence-electron chi connectivity index (χ0n) is 28.9. The van der Waals surface area contributed by atoms with Crippen molar-refractivity contribution in [3.8, 4) is 22.4 Å². The minimum Gasteiger partial charge on any atom is -0.512 e. The summed E-state index contributed by atoms with van der Waals surface area (Å²) in [5, 5.41) is 13.3. The number of ketones is 1. The molecule has 0 unspecified atom stereocenters. The van der Waals surface area contributed by atoms with E-state index in [1.54, 1.807) is 0 Å². The number of benzene rings is 3. The van der Waals surface area contributed by atoms with Crippen LogP contribution in [0.4, 0.5) is 0 Å². The summed E-state index contributed by atoms with van der Waals surface area (Å²) in [6.45, 7) is 14.8. The van der Waals surface area contributed by atoms with E-state index in [-0.39, 0.29) is 48.9 Å². The Labute approximate surface area is 294 Å². The molecule has 0 amide bonds. The van der Waals surface area contributed by atoms with Crippen LogP contribution in [-0.2, 0) is 43.2 Å². The number of carbonyl (C=O) groups excluding carboxylic acids is 1. The molecule has 0 saturated carbocycles. The quantitative estimate of drug-likeness (QED) is 0.0964. The van der Waals surface area contributed by atoms with E-state index in [1.165, 1.54) is 33.7 Å². The summed E-state index contributed by atoms with van der Waals surface area (Å²) in [6.07, 6.45) is 8.76. The summed E-state index contributed by atoms with van der Waals surface area (Å²) in [4.78, 5) is 16.5. The number of rotatable bonds is 8. The van der Waals surface area contributed by atoms with Gasteiger partial charge in [-0.3, -0.25) is 9.78 Å². The number of fused-ring (bicyclic) bond motifs is 6. The number of nitrogens with zero attached hydrogens (tertiary/aromatic N) is 1. The summed E-state index contributed by atoms with van der Waals surface area (Å²) in [5.41, 5.74) is 7.97. The van der Waals surface area contributed by atoms with E-state index >= 15 is 0 Å². The predicted octanol–water partition coefficient (Wildman–Crippen LogP) is 11.4. The third kappa shape index (κ3) is 7.63. The van der Waals surface area contributed by atoms with E-state index < -0.39 is 0 Å². The minimum absolute atomic E-state index is 0. The van der Waals surface area contributed by atoms with Gasteiger partial charge in [-0.05, 0) is 54.7 Å². The number of hydrogen-bond donors (Lipinski definition) is 1. The molecule has 5 heteroatoms. The fourth-order valence-electron chi connectivity index (χ4n) is 6.72. The van der Waals surface area contributed by atoms with E-state index in [1.807, 2.05) is 33.9 Å². The molecule has 1 N–H and O–H groups in total. The number of hydrogen-bond acceptors (Lipinski definition) is 4. The van der Waals surface area contributed by atoms with Crippen molar-refractivity contribution in [2.45, 2.75) is 92.4 Å². The summed E-state index contributed by atoms with van der Waals surface area (Å²) < 4.78 is 6.49. The third-order valence-corrected chi connectivity index (χ3v) is 9.51. The number of allylic oxidation sites excluding steroid dienone is 2. The fraction of sp³-hybridized carbons (Fsp3) is 0.381. The maximum absolute atomic E-state index is 11.7. The molecule has 47 heavy (non-hydrogen) atoms. The van der Waals surface area contributed by atoms with Gasteiger partial charge in [-0.25, -0.2) is 0 Å². The Bertz CT molecular complexity index is 1870. The second kappa shape index (κ2) is 15.6. The number of aryl methyl sites for hydroxylation is 2. The molecule has 0 aliphatic heterocycles. The average molecular weight is 807 g/mol. The molecular weight excluding hydrogens is 759 g/mol. The molecule has 4 nitrogen and oxygen atoms in total. The maximum atomic E-state index is 11.7. The van der Waals surface area contributed by atoms with Crippen molar-refractivity contribution in [3.05, 3.63) is 102 Å². The Morgan fingerprint density at radius 2 is 1.57 bits per heavy atom. The van der Waals surface area contributed by atoms with E-state index in [9.17, 15) is 9.90 Å². The van der Waals surface area contributed by atoms with Crippen molar-refractivity contribution in [2.75, 3.05) is 0 Å². The van der Waals surface area contributed by atoms with Crippen LogP contribution in [0.25, 0.3) is 44.1 Å². The van der Waals surface area contributed by atoms with Crippen LogP contribution in [-0.4, -0.2) is 15.9 Å². The Kier molecular flexibility index (Phi) is 12.0. The molecule has 2 aromatic heterocycles. The standard InChI is InChI=1S/C29H24NO.C13H24O2.Ir/c1-29(2,3)24-17-20(16-19-9-5-6-10-21(19)24)27-28-23(14-15-30-27)26-22-11-7-4-8-18(22)12-13-25(26)31-28;1-5-10(6-2)12(14)9-13(15)11(7-3)8-4;/h4-11,14-15,17H,12-13H2,1-3H3;9-11,14H,5-8H2,1-4H3;/q-1;;/b;12-9-;. The first-order valence-corrected chi connectivity index (χ1v) is 17.0. The molecule has 1 aliphatic carbocycles. The fourth-order valence-corrected chi connectivity index (χ4v) is 6.72. The SMILES string of the molecule is CC(C)(C)c1cc(-c2nccc3c4c(oc23)CCc2ccccc2-4)[c-]c2ccccc12.CCC(CC)C(=O)/C=C(\O)C(CC)CC.[Ir]. The summed E-state index contributed by atoms with van der Waals surface area (Å²) in [6, 6.07) is 25.1. The zero-order chi connectivity index (χ0) is 33.0. The summed E-state index contributed by atoms with van der Waals surface area (Å²) in [7, 11) is 0. The second-order valence-electron chi connectivity index (χ2n) is 13.5. The number of pyridine rings is 1. The molecule has 2 heterocycles. The van der Waals surface area contributed by atoms with Crippen LogP contribution < -0.4 is 0 Å². The van der Waals surface area contributed by atoms with Crippen molar-refractivity contribution in [1.82, 2.24) is 4.98 Å². The first-order chi connectivity index (χ1) is 22.1. The van der Waals surface area contributed by atoms with Gasteiger partial charge in [0.2, 0.25) is 0 Å². The number of aliphatic hydroxyl groups excluding tert-OH is 1. The molecular formula is C42H48IrNO3-. The molecule has 5 aromatic rings. The van der Waals surface area contributed by atoms with Gasteiger partial charge in [0, 0.05) is 67.3 Å². The van der Waals surface area contributed by atoms with Gasteiger partial charge in [-0.2, -0.15) is 0 Å².